The Morgan fingerprint density at radius 1 is 1.14 bits per heavy atom. The molecule has 0 amide bonds. The van der Waals surface area contributed by atoms with Crippen molar-refractivity contribution in [2.75, 3.05) is 18.5 Å². The van der Waals surface area contributed by atoms with Gasteiger partial charge in [0.15, 0.2) is 5.78 Å². The number of nitrogens with zero attached hydrogens (tertiary/aromatic N) is 2. The second-order valence-electron chi connectivity index (χ2n) is 11.2. The Kier molecular flexibility index (Phi) is 8.11. The van der Waals surface area contributed by atoms with Crippen molar-refractivity contribution < 1.29 is 19.2 Å². The molecule has 4 N–H and O–H groups in total. The molecule has 3 aromatic carbocycles. The molecule has 4 atom stereocenters. The number of H-pyrrole nitrogens is 1. The standard InChI is InChI=1S/C33H34N5O5/c1-21(38(40)41)22-12-14-23(15-13-22)29-20-43-32(36-29)37-33(2,16-25-17-34-28-11-7-6-10-26(25)28)27-19-42-31(27)35-18-30(39)24-8-4-3-5-9-24/h3-15,17,20-21,27,31,34-35,40H,16,18-19H2,1-2H3,(H,36,37)/q-1. The van der Waals surface area contributed by atoms with E-state index in [-0.39, 0.29) is 29.7 Å². The number of carbonyl (C=O) groups is 1. The first-order valence-electron chi connectivity index (χ1n) is 14.3. The Bertz CT molecular complexity index is 1680. The monoisotopic (exact) mass is 580 g/mol. The van der Waals surface area contributed by atoms with Gasteiger partial charge in [-0.15, -0.1) is 0 Å². The highest BCUT2D eigenvalue weighted by Crippen LogP contribution is 2.37. The summed E-state index contributed by atoms with van der Waals surface area (Å²) < 4.78 is 11.8. The number of hydrogen-bond donors (Lipinski definition) is 4. The molecule has 2 aromatic heterocycles. The molecular weight excluding hydrogens is 546 g/mol. The van der Waals surface area contributed by atoms with Crippen molar-refractivity contribution in [3.8, 4) is 11.3 Å². The van der Waals surface area contributed by atoms with Gasteiger partial charge >= 0.3 is 0 Å². The van der Waals surface area contributed by atoms with Gasteiger partial charge in [0.25, 0.3) is 6.01 Å². The highest BCUT2D eigenvalue weighted by atomic mass is 16.8. The summed E-state index contributed by atoms with van der Waals surface area (Å²) in [5.74, 6) is -0.00443. The molecule has 222 valence electrons. The van der Waals surface area contributed by atoms with Crippen LogP contribution in [0.1, 0.15) is 41.4 Å². The van der Waals surface area contributed by atoms with Crippen molar-refractivity contribution in [2.24, 2.45) is 5.92 Å². The molecule has 1 saturated heterocycles. The van der Waals surface area contributed by atoms with E-state index in [1.54, 1.807) is 25.3 Å². The topological polar surface area (TPSA) is 139 Å². The number of oxazole rings is 1. The van der Waals surface area contributed by atoms with Gasteiger partial charge in [0.05, 0.1) is 18.7 Å². The first-order valence-corrected chi connectivity index (χ1v) is 14.3. The summed E-state index contributed by atoms with van der Waals surface area (Å²) in [6.45, 7) is 4.40. The highest BCUT2D eigenvalue weighted by Gasteiger charge is 2.47. The van der Waals surface area contributed by atoms with Crippen LogP contribution in [0.15, 0.2) is 95.7 Å². The van der Waals surface area contributed by atoms with Crippen LogP contribution < -0.4 is 10.6 Å². The van der Waals surface area contributed by atoms with Crippen LogP contribution in [0.4, 0.5) is 6.01 Å². The van der Waals surface area contributed by atoms with Crippen LogP contribution in [0, 0.1) is 11.1 Å². The quantitative estimate of drug-likeness (QED) is 0.104. The Morgan fingerprint density at radius 2 is 1.88 bits per heavy atom. The molecule has 6 rings (SSSR count). The van der Waals surface area contributed by atoms with Crippen molar-refractivity contribution in [3.05, 3.63) is 113 Å². The fourth-order valence-corrected chi connectivity index (χ4v) is 5.64. The van der Waals surface area contributed by atoms with Crippen LogP contribution in [-0.2, 0) is 11.2 Å². The zero-order chi connectivity index (χ0) is 30.0. The van der Waals surface area contributed by atoms with Crippen molar-refractivity contribution in [1.29, 1.82) is 0 Å². The summed E-state index contributed by atoms with van der Waals surface area (Å²) in [5.41, 5.74) is 4.43. The van der Waals surface area contributed by atoms with Crippen LogP contribution in [0.5, 0.6) is 0 Å². The molecule has 10 heteroatoms. The summed E-state index contributed by atoms with van der Waals surface area (Å²) in [5, 5.41) is 28.5. The van der Waals surface area contributed by atoms with Crippen molar-refractivity contribution >= 4 is 22.7 Å². The van der Waals surface area contributed by atoms with Crippen molar-refractivity contribution in [2.45, 2.75) is 38.1 Å². The third kappa shape index (κ3) is 6.10. The minimum Gasteiger partial charge on any atom is -0.762 e. The van der Waals surface area contributed by atoms with Gasteiger partial charge in [-0.3, -0.25) is 15.3 Å². The largest absolute Gasteiger partial charge is 0.762 e. The van der Waals surface area contributed by atoms with Crippen molar-refractivity contribution in [1.82, 2.24) is 20.5 Å². The Hall–Kier alpha value is -4.32. The number of fused-ring (bicyclic) bond motifs is 1. The van der Waals surface area contributed by atoms with Gasteiger partial charge in [-0.25, -0.2) is 0 Å². The van der Waals surface area contributed by atoms with E-state index in [0.717, 1.165) is 22.0 Å². The number of hydroxylamine groups is 2. The number of aromatic amines is 1. The SMILES string of the molecule is CC(c1ccc(-c2coc(NC(C)(Cc3c[nH]c4ccccc34)C3COC3NCC(=O)c3ccccc3)n2)cc1)N([O-])O. The van der Waals surface area contributed by atoms with Crippen molar-refractivity contribution in [3.63, 3.8) is 0 Å². The number of ketones is 1. The van der Waals surface area contributed by atoms with Crippen LogP contribution in [0.2, 0.25) is 0 Å². The number of Topliss-reactive ketones (excluding diaryl/α,β-unsaturated/α-hetero) is 1. The maximum Gasteiger partial charge on any atom is 0.295 e. The van der Waals surface area contributed by atoms with Crippen LogP contribution in [0.3, 0.4) is 0 Å². The van der Waals surface area contributed by atoms with Gasteiger partial charge < -0.3 is 29.9 Å². The van der Waals surface area contributed by atoms with E-state index >= 15 is 0 Å². The zero-order valence-corrected chi connectivity index (χ0v) is 24.0. The molecule has 0 bridgehead atoms. The first-order chi connectivity index (χ1) is 20.8. The van der Waals surface area contributed by atoms with Gasteiger partial charge in [-0.2, -0.15) is 4.98 Å². The van der Waals surface area contributed by atoms with Crippen LogP contribution >= 0.6 is 0 Å². The molecular formula is C33H34N5O5-. The normalized spacial score (nSPS) is 18.7. The molecule has 0 aliphatic carbocycles. The lowest BCUT2D eigenvalue weighted by molar-refractivity contribution is -0.152. The Balaban J connectivity index is 1.23. The smallest absolute Gasteiger partial charge is 0.295 e. The molecule has 4 unspecified atom stereocenters. The van der Waals surface area contributed by atoms with Crippen LogP contribution in [0.25, 0.3) is 22.2 Å². The number of hydrogen-bond acceptors (Lipinski definition) is 9. The zero-order valence-electron chi connectivity index (χ0n) is 24.0. The van der Waals surface area contributed by atoms with Gasteiger partial charge in [0.1, 0.15) is 18.2 Å². The molecule has 1 aliphatic heterocycles. The number of ether oxygens (including phenoxy) is 1. The maximum absolute atomic E-state index is 12.8. The fraction of sp³-hybridized carbons (Fsp3) is 0.273. The Morgan fingerprint density at radius 3 is 2.60 bits per heavy atom. The number of anilines is 1. The van der Waals surface area contributed by atoms with E-state index in [2.05, 4.69) is 34.7 Å². The van der Waals surface area contributed by atoms with Gasteiger partial charge in [-0.05, 0) is 37.5 Å². The molecule has 1 fully saturated rings. The molecule has 0 spiro atoms. The number of nitrogens with one attached hydrogen (secondary N) is 3. The molecule has 43 heavy (non-hydrogen) atoms. The van der Waals surface area contributed by atoms with E-state index in [4.69, 9.17) is 14.1 Å². The predicted molar refractivity (Wildman–Crippen MR) is 163 cm³/mol. The third-order valence-corrected chi connectivity index (χ3v) is 8.35. The van der Waals surface area contributed by atoms with Crippen LogP contribution in [-0.4, -0.2) is 51.1 Å². The lowest BCUT2D eigenvalue weighted by Crippen LogP contribution is -2.63. The van der Waals surface area contributed by atoms with Gasteiger partial charge in [0, 0.05) is 40.2 Å². The third-order valence-electron chi connectivity index (χ3n) is 8.35. The molecule has 10 nitrogen and oxygen atoms in total. The number of aromatic nitrogens is 2. The molecule has 0 radical (unpaired) electrons. The average Bonchev–Trinajstić information content (AvgIpc) is 3.63. The maximum atomic E-state index is 12.8. The number of benzene rings is 3. The minimum atomic E-state index is -0.678. The summed E-state index contributed by atoms with van der Waals surface area (Å²) in [6.07, 6.45) is 3.92. The molecule has 1 aliphatic rings. The number of rotatable bonds is 12. The van der Waals surface area contributed by atoms with E-state index in [1.807, 2.05) is 60.8 Å². The summed E-state index contributed by atoms with van der Waals surface area (Å²) in [6, 6.07) is 24.3. The lowest BCUT2D eigenvalue weighted by Gasteiger charge is -2.48. The second-order valence-corrected chi connectivity index (χ2v) is 11.2. The van der Waals surface area contributed by atoms with E-state index < -0.39 is 11.6 Å². The lowest BCUT2D eigenvalue weighted by atomic mass is 9.77. The predicted octanol–water partition coefficient (Wildman–Crippen LogP) is 5.93. The average molecular weight is 581 g/mol. The molecule has 5 aromatic rings. The second kappa shape index (κ2) is 12.1. The van der Waals surface area contributed by atoms with E-state index in [9.17, 15) is 15.2 Å². The van der Waals surface area contributed by atoms with E-state index in [1.165, 1.54) is 0 Å². The van der Waals surface area contributed by atoms with E-state index in [0.29, 0.717) is 35.9 Å². The molecule has 0 saturated carbocycles. The summed E-state index contributed by atoms with van der Waals surface area (Å²) in [7, 11) is 0. The number of para-hydroxylation sites is 1. The number of carbonyl (C=O) groups excluding carboxylic acids is 1. The van der Waals surface area contributed by atoms with Gasteiger partial charge in [-0.1, -0.05) is 72.8 Å². The summed E-state index contributed by atoms with van der Waals surface area (Å²) in [4.78, 5) is 20.9. The fourth-order valence-electron chi connectivity index (χ4n) is 5.64. The summed E-state index contributed by atoms with van der Waals surface area (Å²) >= 11 is 0. The first kappa shape index (κ1) is 28.8. The minimum absolute atomic E-state index is 0.000782. The van der Waals surface area contributed by atoms with Gasteiger partial charge in [0.2, 0.25) is 0 Å². The Labute approximate surface area is 249 Å². The highest BCUT2D eigenvalue weighted by molar-refractivity contribution is 5.97. The molecule has 3 heterocycles.